The average molecular weight is 209 g/mol. The molecule has 0 bridgehead atoms. The molecule has 2 heterocycles. The summed E-state index contributed by atoms with van der Waals surface area (Å²) >= 11 is 0. The molecular weight excluding hydrogens is 194 g/mol. The highest BCUT2D eigenvalue weighted by molar-refractivity contribution is 5.72. The number of methoxy groups -OCH3 is 1. The van der Waals surface area contributed by atoms with E-state index in [2.05, 4.69) is 4.90 Å². The fourth-order valence-corrected chi connectivity index (χ4v) is 1.96. The molecule has 0 amide bonds. The third-order valence-corrected chi connectivity index (χ3v) is 2.77. The van der Waals surface area contributed by atoms with Crippen molar-refractivity contribution in [2.24, 2.45) is 5.92 Å². The number of rotatable bonds is 3. The van der Waals surface area contributed by atoms with Gasteiger partial charge in [-0.3, -0.25) is 9.69 Å². The minimum atomic E-state index is -0.100. The maximum atomic E-state index is 11.3. The lowest BCUT2D eigenvalue weighted by Crippen LogP contribution is -2.23. The molecule has 0 aromatic carbocycles. The topological polar surface area (TPSA) is 42.7 Å². The summed E-state index contributed by atoms with van der Waals surface area (Å²) in [6, 6.07) is 3.83. The monoisotopic (exact) mass is 209 g/mol. The van der Waals surface area contributed by atoms with Gasteiger partial charge in [0.15, 0.2) is 0 Å². The van der Waals surface area contributed by atoms with E-state index >= 15 is 0 Å². The molecule has 1 aliphatic rings. The van der Waals surface area contributed by atoms with Crippen molar-refractivity contribution in [2.75, 3.05) is 20.2 Å². The number of esters is 1. The number of furan rings is 1. The maximum absolute atomic E-state index is 11.3. The predicted molar refractivity (Wildman–Crippen MR) is 54.1 cm³/mol. The summed E-state index contributed by atoms with van der Waals surface area (Å²) in [6.07, 6.45) is 2.55. The Morgan fingerprint density at radius 1 is 1.73 bits per heavy atom. The lowest BCUT2D eigenvalue weighted by atomic mass is 10.1. The number of carbonyl (C=O) groups excluding carboxylic acids is 1. The predicted octanol–water partition coefficient (Wildman–Crippen LogP) is 1.27. The first-order chi connectivity index (χ1) is 7.29. The fraction of sp³-hybridized carbons (Fsp3) is 0.545. The average Bonchev–Trinajstić information content (AvgIpc) is 2.88. The van der Waals surface area contributed by atoms with Crippen molar-refractivity contribution >= 4 is 5.97 Å². The van der Waals surface area contributed by atoms with Crippen LogP contribution in [-0.2, 0) is 16.1 Å². The van der Waals surface area contributed by atoms with Gasteiger partial charge in [0, 0.05) is 6.54 Å². The minimum Gasteiger partial charge on any atom is -0.469 e. The molecular formula is C11H15NO3. The van der Waals surface area contributed by atoms with Gasteiger partial charge in [-0.05, 0) is 25.1 Å². The standard InChI is InChI=1S/C11H15NO3/c1-14-11(13)9-4-5-12(7-9)8-10-3-2-6-15-10/h2-3,6,9H,4-5,7-8H2,1H3. The Hall–Kier alpha value is -1.29. The summed E-state index contributed by atoms with van der Waals surface area (Å²) in [7, 11) is 1.44. The van der Waals surface area contributed by atoms with Crippen molar-refractivity contribution in [2.45, 2.75) is 13.0 Å². The van der Waals surface area contributed by atoms with E-state index in [0.717, 1.165) is 31.8 Å². The van der Waals surface area contributed by atoms with E-state index in [0.29, 0.717) is 0 Å². The van der Waals surface area contributed by atoms with Crippen molar-refractivity contribution in [3.8, 4) is 0 Å². The van der Waals surface area contributed by atoms with Gasteiger partial charge in [-0.15, -0.1) is 0 Å². The molecule has 0 saturated carbocycles. The van der Waals surface area contributed by atoms with Crippen LogP contribution in [0.4, 0.5) is 0 Å². The molecule has 1 unspecified atom stereocenters. The molecule has 1 saturated heterocycles. The van der Waals surface area contributed by atoms with Crippen molar-refractivity contribution < 1.29 is 13.9 Å². The molecule has 15 heavy (non-hydrogen) atoms. The number of hydrogen-bond acceptors (Lipinski definition) is 4. The van der Waals surface area contributed by atoms with Crippen LogP contribution in [0, 0.1) is 5.92 Å². The van der Waals surface area contributed by atoms with Gasteiger partial charge in [0.05, 0.1) is 25.8 Å². The van der Waals surface area contributed by atoms with Gasteiger partial charge in [-0.2, -0.15) is 0 Å². The Labute approximate surface area is 88.8 Å². The first-order valence-electron chi connectivity index (χ1n) is 5.12. The SMILES string of the molecule is COC(=O)C1CCN(Cc2ccco2)C1. The van der Waals surface area contributed by atoms with Crippen molar-refractivity contribution in [1.29, 1.82) is 0 Å². The van der Waals surface area contributed by atoms with E-state index in [1.54, 1.807) is 6.26 Å². The Morgan fingerprint density at radius 3 is 3.27 bits per heavy atom. The number of hydrogen-bond donors (Lipinski definition) is 0. The summed E-state index contributed by atoms with van der Waals surface area (Å²) in [5, 5.41) is 0. The number of nitrogens with zero attached hydrogens (tertiary/aromatic N) is 1. The second-order valence-corrected chi connectivity index (χ2v) is 3.82. The zero-order valence-electron chi connectivity index (χ0n) is 8.81. The van der Waals surface area contributed by atoms with E-state index in [9.17, 15) is 4.79 Å². The first-order valence-corrected chi connectivity index (χ1v) is 5.12. The van der Waals surface area contributed by atoms with Crippen molar-refractivity contribution in [1.82, 2.24) is 4.90 Å². The van der Waals surface area contributed by atoms with Gasteiger partial charge < -0.3 is 9.15 Å². The lowest BCUT2D eigenvalue weighted by Gasteiger charge is -2.13. The first kappa shape index (κ1) is 10.2. The quantitative estimate of drug-likeness (QED) is 0.703. The van der Waals surface area contributed by atoms with Gasteiger partial charge in [-0.25, -0.2) is 0 Å². The number of ether oxygens (including phenoxy) is 1. The Bertz CT molecular complexity index is 321. The fourth-order valence-electron chi connectivity index (χ4n) is 1.96. The van der Waals surface area contributed by atoms with Crippen LogP contribution in [0.3, 0.4) is 0 Å². The molecule has 4 heteroatoms. The Balaban J connectivity index is 1.85. The molecule has 1 aromatic heterocycles. The largest absolute Gasteiger partial charge is 0.469 e. The van der Waals surface area contributed by atoms with Crippen LogP contribution in [0.15, 0.2) is 22.8 Å². The van der Waals surface area contributed by atoms with Crippen molar-refractivity contribution in [3.63, 3.8) is 0 Å². The summed E-state index contributed by atoms with van der Waals surface area (Å²) in [5.41, 5.74) is 0. The molecule has 82 valence electrons. The van der Waals surface area contributed by atoms with Crippen LogP contribution in [0.1, 0.15) is 12.2 Å². The Morgan fingerprint density at radius 2 is 2.60 bits per heavy atom. The van der Waals surface area contributed by atoms with E-state index in [1.165, 1.54) is 7.11 Å². The molecule has 0 radical (unpaired) electrons. The summed E-state index contributed by atoms with van der Waals surface area (Å²) in [4.78, 5) is 13.5. The normalized spacial score (nSPS) is 21.8. The molecule has 0 N–H and O–H groups in total. The second kappa shape index (κ2) is 4.49. The Kier molecular flexibility index (Phi) is 3.06. The summed E-state index contributed by atoms with van der Waals surface area (Å²) < 4.78 is 9.99. The van der Waals surface area contributed by atoms with Gasteiger partial charge in [0.2, 0.25) is 0 Å². The van der Waals surface area contributed by atoms with Gasteiger partial charge in [0.1, 0.15) is 5.76 Å². The zero-order valence-corrected chi connectivity index (χ0v) is 8.81. The molecule has 4 nitrogen and oxygen atoms in total. The van der Waals surface area contributed by atoms with Crippen LogP contribution in [0.2, 0.25) is 0 Å². The molecule has 1 aromatic rings. The van der Waals surface area contributed by atoms with E-state index in [4.69, 9.17) is 9.15 Å². The van der Waals surface area contributed by atoms with Crippen LogP contribution < -0.4 is 0 Å². The zero-order chi connectivity index (χ0) is 10.7. The smallest absolute Gasteiger partial charge is 0.310 e. The van der Waals surface area contributed by atoms with E-state index in [-0.39, 0.29) is 11.9 Å². The van der Waals surface area contributed by atoms with Crippen LogP contribution in [-0.4, -0.2) is 31.1 Å². The van der Waals surface area contributed by atoms with Crippen LogP contribution in [0.5, 0.6) is 0 Å². The van der Waals surface area contributed by atoms with Gasteiger partial charge in [0.25, 0.3) is 0 Å². The highest BCUT2D eigenvalue weighted by Crippen LogP contribution is 2.19. The highest BCUT2D eigenvalue weighted by Gasteiger charge is 2.29. The number of carbonyl (C=O) groups is 1. The van der Waals surface area contributed by atoms with E-state index in [1.807, 2.05) is 12.1 Å². The van der Waals surface area contributed by atoms with Gasteiger partial charge in [-0.1, -0.05) is 0 Å². The molecule has 1 fully saturated rings. The van der Waals surface area contributed by atoms with Crippen LogP contribution >= 0.6 is 0 Å². The van der Waals surface area contributed by atoms with Gasteiger partial charge >= 0.3 is 5.97 Å². The van der Waals surface area contributed by atoms with E-state index < -0.39 is 0 Å². The highest BCUT2D eigenvalue weighted by atomic mass is 16.5. The lowest BCUT2D eigenvalue weighted by molar-refractivity contribution is -0.144. The summed E-state index contributed by atoms with van der Waals surface area (Å²) in [6.45, 7) is 2.48. The third-order valence-electron chi connectivity index (χ3n) is 2.77. The second-order valence-electron chi connectivity index (χ2n) is 3.82. The third kappa shape index (κ3) is 2.39. The maximum Gasteiger partial charge on any atom is 0.310 e. The molecule has 2 rings (SSSR count). The number of likely N-dealkylation sites (tertiary alicyclic amines) is 1. The molecule has 1 aliphatic heterocycles. The molecule has 0 spiro atoms. The van der Waals surface area contributed by atoms with Crippen LogP contribution in [0.25, 0.3) is 0 Å². The van der Waals surface area contributed by atoms with Crippen molar-refractivity contribution in [3.05, 3.63) is 24.2 Å². The molecule has 1 atom stereocenters. The minimum absolute atomic E-state index is 0.0324. The summed E-state index contributed by atoms with van der Waals surface area (Å²) in [5.74, 6) is 0.877. The molecule has 0 aliphatic carbocycles.